The number of benzene rings is 1. The Morgan fingerprint density at radius 1 is 1.40 bits per heavy atom. The van der Waals surface area contributed by atoms with Crippen LogP contribution in [0.15, 0.2) is 12.1 Å². The molecule has 0 saturated heterocycles. The van der Waals surface area contributed by atoms with Crippen molar-refractivity contribution >= 4 is 17.3 Å². The fourth-order valence-corrected chi connectivity index (χ4v) is 2.16. The summed E-state index contributed by atoms with van der Waals surface area (Å²) in [5, 5.41) is 0.770. The first-order valence-corrected chi connectivity index (χ1v) is 5.23. The number of rotatable bonds is 4. The number of nitrogens with zero attached hydrogens (tertiary/aromatic N) is 1. The lowest BCUT2D eigenvalue weighted by atomic mass is 10.1. The summed E-state index contributed by atoms with van der Waals surface area (Å²) in [6, 6.07) is 4.07. The highest BCUT2D eigenvalue weighted by Gasteiger charge is 2.09. The first kappa shape index (κ1) is 12.3. The van der Waals surface area contributed by atoms with E-state index in [1.807, 2.05) is 31.9 Å². The van der Waals surface area contributed by atoms with E-state index in [-0.39, 0.29) is 0 Å². The van der Waals surface area contributed by atoms with Crippen molar-refractivity contribution in [2.24, 2.45) is 5.90 Å². The van der Waals surface area contributed by atoms with Gasteiger partial charge in [0.15, 0.2) is 0 Å². The Bertz CT molecular complexity index is 318. The molecule has 0 atom stereocenters. The number of anilines is 1. The van der Waals surface area contributed by atoms with E-state index in [0.29, 0.717) is 6.61 Å². The van der Waals surface area contributed by atoms with Crippen LogP contribution in [0.4, 0.5) is 5.69 Å². The smallest absolute Gasteiger partial charge is 0.0854 e. The summed E-state index contributed by atoms with van der Waals surface area (Å²) in [4.78, 5) is 6.60. The van der Waals surface area contributed by atoms with Gasteiger partial charge in [0.2, 0.25) is 0 Å². The summed E-state index contributed by atoms with van der Waals surface area (Å²) in [7, 11) is 1.97. The third-order valence-corrected chi connectivity index (χ3v) is 2.61. The highest BCUT2D eigenvalue weighted by atomic mass is 35.5. The Morgan fingerprint density at radius 2 is 2.07 bits per heavy atom. The zero-order chi connectivity index (χ0) is 11.4. The molecule has 0 saturated carbocycles. The number of nitrogens with two attached hydrogens (primary N) is 1. The monoisotopic (exact) mass is 228 g/mol. The van der Waals surface area contributed by atoms with Crippen molar-refractivity contribution in [1.82, 2.24) is 0 Å². The fraction of sp³-hybridized carbons (Fsp3) is 0.455. The Balaban J connectivity index is 2.92. The zero-order valence-electron chi connectivity index (χ0n) is 9.38. The van der Waals surface area contributed by atoms with Crippen molar-refractivity contribution in [3.63, 3.8) is 0 Å². The van der Waals surface area contributed by atoms with Gasteiger partial charge < -0.3 is 9.74 Å². The summed E-state index contributed by atoms with van der Waals surface area (Å²) in [6.45, 7) is 5.29. The van der Waals surface area contributed by atoms with Gasteiger partial charge in [-0.15, -0.1) is 0 Å². The summed E-state index contributed by atoms with van der Waals surface area (Å²) >= 11 is 6.19. The number of hydrogen-bond acceptors (Lipinski definition) is 3. The van der Waals surface area contributed by atoms with Crippen molar-refractivity contribution in [2.45, 2.75) is 13.8 Å². The maximum Gasteiger partial charge on any atom is 0.0854 e. The van der Waals surface area contributed by atoms with Crippen LogP contribution in [0.5, 0.6) is 0 Å². The number of halogens is 1. The first-order valence-electron chi connectivity index (χ1n) is 4.86. The van der Waals surface area contributed by atoms with Crippen molar-refractivity contribution < 1.29 is 4.84 Å². The average Bonchev–Trinajstić information content (AvgIpc) is 2.12. The largest absolute Gasteiger partial charge is 0.371 e. The molecular weight excluding hydrogens is 212 g/mol. The Kier molecular flexibility index (Phi) is 4.39. The Hall–Kier alpha value is -0.770. The van der Waals surface area contributed by atoms with Gasteiger partial charge in [0, 0.05) is 13.6 Å². The molecule has 0 aliphatic carbocycles. The van der Waals surface area contributed by atoms with E-state index in [1.54, 1.807) is 0 Å². The van der Waals surface area contributed by atoms with Gasteiger partial charge in [-0.05, 0) is 31.0 Å². The average molecular weight is 229 g/mol. The summed E-state index contributed by atoms with van der Waals surface area (Å²) in [5.41, 5.74) is 3.38. The molecule has 0 aromatic heterocycles. The molecule has 1 aromatic rings. The van der Waals surface area contributed by atoms with Crippen LogP contribution in [0, 0.1) is 13.8 Å². The van der Waals surface area contributed by atoms with Crippen LogP contribution in [0.25, 0.3) is 0 Å². The number of hydrogen-bond donors (Lipinski definition) is 1. The van der Waals surface area contributed by atoms with Gasteiger partial charge in [-0.3, -0.25) is 0 Å². The third kappa shape index (κ3) is 3.09. The van der Waals surface area contributed by atoms with Crippen molar-refractivity contribution in [2.75, 3.05) is 25.1 Å². The van der Waals surface area contributed by atoms with E-state index in [9.17, 15) is 0 Å². The summed E-state index contributed by atoms with van der Waals surface area (Å²) in [6.07, 6.45) is 0. The lowest BCUT2D eigenvalue weighted by molar-refractivity contribution is 0.145. The molecule has 0 bridgehead atoms. The lowest BCUT2D eigenvalue weighted by Gasteiger charge is -2.22. The van der Waals surface area contributed by atoms with Crippen LogP contribution in [0.3, 0.4) is 0 Å². The SMILES string of the molecule is Cc1cc(C)c(N(C)CCON)c(Cl)c1. The van der Waals surface area contributed by atoms with Crippen molar-refractivity contribution in [3.05, 3.63) is 28.3 Å². The minimum absolute atomic E-state index is 0.486. The van der Waals surface area contributed by atoms with E-state index < -0.39 is 0 Å². The molecule has 3 nitrogen and oxygen atoms in total. The van der Waals surface area contributed by atoms with Gasteiger partial charge in [-0.25, -0.2) is 5.90 Å². The Morgan fingerprint density at radius 3 is 2.60 bits per heavy atom. The second-order valence-electron chi connectivity index (χ2n) is 3.70. The van der Waals surface area contributed by atoms with Gasteiger partial charge in [-0.2, -0.15) is 0 Å². The standard InChI is InChI=1S/C11H17ClN2O/c1-8-6-9(2)11(10(12)7-8)14(3)4-5-15-13/h6-7H,4-5,13H2,1-3H3. The van der Waals surface area contributed by atoms with E-state index in [0.717, 1.165) is 17.3 Å². The molecular formula is C11H17ClN2O. The molecule has 0 aliphatic heterocycles. The van der Waals surface area contributed by atoms with E-state index in [2.05, 4.69) is 10.9 Å². The lowest BCUT2D eigenvalue weighted by Crippen LogP contribution is -2.24. The van der Waals surface area contributed by atoms with E-state index in [4.69, 9.17) is 17.5 Å². The van der Waals surface area contributed by atoms with Crippen LogP contribution in [0.2, 0.25) is 5.02 Å². The Labute approximate surface area is 95.7 Å². The molecule has 0 unspecified atom stereocenters. The molecule has 4 heteroatoms. The second-order valence-corrected chi connectivity index (χ2v) is 4.11. The predicted molar refractivity (Wildman–Crippen MR) is 64.3 cm³/mol. The minimum Gasteiger partial charge on any atom is -0.371 e. The molecule has 1 aromatic carbocycles. The van der Waals surface area contributed by atoms with Gasteiger partial charge >= 0.3 is 0 Å². The van der Waals surface area contributed by atoms with Crippen LogP contribution in [-0.2, 0) is 4.84 Å². The molecule has 0 aliphatic rings. The quantitative estimate of drug-likeness (QED) is 0.804. The van der Waals surface area contributed by atoms with Crippen LogP contribution in [0.1, 0.15) is 11.1 Å². The molecule has 15 heavy (non-hydrogen) atoms. The molecule has 1 rings (SSSR count). The highest BCUT2D eigenvalue weighted by molar-refractivity contribution is 6.33. The number of aryl methyl sites for hydroxylation is 2. The maximum atomic E-state index is 6.19. The first-order chi connectivity index (χ1) is 7.06. The van der Waals surface area contributed by atoms with E-state index in [1.165, 1.54) is 11.1 Å². The normalized spacial score (nSPS) is 10.5. The molecule has 2 N–H and O–H groups in total. The van der Waals surface area contributed by atoms with Crippen molar-refractivity contribution in [3.8, 4) is 0 Å². The second kappa shape index (κ2) is 5.35. The molecule has 0 heterocycles. The topological polar surface area (TPSA) is 38.5 Å². The summed E-state index contributed by atoms with van der Waals surface area (Å²) in [5.74, 6) is 5.00. The molecule has 0 radical (unpaired) electrons. The maximum absolute atomic E-state index is 6.19. The van der Waals surface area contributed by atoms with Crippen LogP contribution in [-0.4, -0.2) is 20.2 Å². The van der Waals surface area contributed by atoms with E-state index >= 15 is 0 Å². The van der Waals surface area contributed by atoms with Crippen LogP contribution >= 0.6 is 11.6 Å². The molecule has 0 amide bonds. The molecule has 84 valence electrons. The highest BCUT2D eigenvalue weighted by Crippen LogP contribution is 2.29. The third-order valence-electron chi connectivity index (χ3n) is 2.32. The predicted octanol–water partition coefficient (Wildman–Crippen LogP) is 2.28. The zero-order valence-corrected chi connectivity index (χ0v) is 10.1. The van der Waals surface area contributed by atoms with Gasteiger partial charge in [0.1, 0.15) is 0 Å². The van der Waals surface area contributed by atoms with Gasteiger partial charge in [-0.1, -0.05) is 17.7 Å². The van der Waals surface area contributed by atoms with Crippen LogP contribution < -0.4 is 10.8 Å². The van der Waals surface area contributed by atoms with Crippen molar-refractivity contribution in [1.29, 1.82) is 0 Å². The van der Waals surface area contributed by atoms with Gasteiger partial charge in [0.05, 0.1) is 17.3 Å². The van der Waals surface area contributed by atoms with Gasteiger partial charge in [0.25, 0.3) is 0 Å². The molecule has 0 spiro atoms. The fourth-order valence-electron chi connectivity index (χ4n) is 1.69. The molecule has 0 fully saturated rings. The summed E-state index contributed by atoms with van der Waals surface area (Å²) < 4.78 is 0. The minimum atomic E-state index is 0.486. The number of likely N-dealkylation sites (N-methyl/N-ethyl adjacent to an activating group) is 1.